The molecule has 1 atom stereocenters. The van der Waals surface area contributed by atoms with Crippen molar-refractivity contribution in [2.24, 2.45) is 5.92 Å². The van der Waals surface area contributed by atoms with Crippen molar-refractivity contribution >= 4 is 36.6 Å². The predicted molar refractivity (Wildman–Crippen MR) is 41.5 cm³/mol. The normalized spacial score (nSPS) is 13.4. The van der Waals surface area contributed by atoms with Crippen molar-refractivity contribution < 1.29 is 4.79 Å². The molecule has 0 amide bonds. The average molecular weight is 244 g/mol. The van der Waals surface area contributed by atoms with Crippen LogP contribution in [0.15, 0.2) is 0 Å². The number of carbonyl (C=O) groups excluding carboxylic acids is 1. The zero-order chi connectivity index (χ0) is 6.57. The van der Waals surface area contributed by atoms with Crippen molar-refractivity contribution in [2.75, 3.05) is 5.33 Å². The fourth-order valence-corrected chi connectivity index (χ4v) is 1.19. The van der Waals surface area contributed by atoms with Gasteiger partial charge in [-0.15, -0.1) is 0 Å². The number of hydrogen-bond donors (Lipinski definition) is 0. The highest BCUT2D eigenvalue weighted by atomic mass is 79.9. The average Bonchev–Trinajstić information content (AvgIpc) is 1.67. The fraction of sp³-hybridized carbons (Fsp3) is 0.800. The minimum atomic E-state index is 0.0944. The molecule has 0 radical (unpaired) electrons. The molecule has 0 aromatic carbocycles. The number of alkyl halides is 1. The molecule has 0 aromatic heterocycles. The number of carbonyl (C=O) groups is 1. The summed E-state index contributed by atoms with van der Waals surface area (Å²) < 4.78 is 0.0944. The Hall–Kier alpha value is 0.630. The van der Waals surface area contributed by atoms with Crippen LogP contribution in [0.3, 0.4) is 0 Å². The van der Waals surface area contributed by atoms with E-state index in [1.54, 1.807) is 0 Å². The monoisotopic (exact) mass is 242 g/mol. The van der Waals surface area contributed by atoms with Gasteiger partial charge in [0.1, 0.15) is 0 Å². The standard InChI is InChI=1S/C5H8Br2O/c1-4(2-3-6)5(7)8/h4H,2-3H2,1H3. The molecular weight excluding hydrogens is 236 g/mol. The van der Waals surface area contributed by atoms with Gasteiger partial charge in [0.2, 0.25) is 4.69 Å². The predicted octanol–water partition coefficient (Wildman–Crippen LogP) is 2.33. The molecule has 3 heteroatoms. The topological polar surface area (TPSA) is 17.1 Å². The third-order valence-electron chi connectivity index (χ3n) is 0.930. The van der Waals surface area contributed by atoms with Crippen molar-refractivity contribution in [3.05, 3.63) is 0 Å². The van der Waals surface area contributed by atoms with Gasteiger partial charge in [-0.25, -0.2) is 0 Å². The van der Waals surface area contributed by atoms with Crippen molar-refractivity contribution in [1.82, 2.24) is 0 Å². The van der Waals surface area contributed by atoms with Gasteiger partial charge in [0, 0.05) is 11.2 Å². The van der Waals surface area contributed by atoms with Crippen molar-refractivity contribution in [3.8, 4) is 0 Å². The van der Waals surface area contributed by atoms with Gasteiger partial charge in [-0.05, 0) is 22.4 Å². The van der Waals surface area contributed by atoms with Crippen LogP contribution in [-0.4, -0.2) is 10.0 Å². The molecule has 0 aromatic rings. The van der Waals surface area contributed by atoms with E-state index >= 15 is 0 Å². The summed E-state index contributed by atoms with van der Waals surface area (Å²) in [6.45, 7) is 1.90. The molecule has 0 fully saturated rings. The van der Waals surface area contributed by atoms with E-state index in [1.807, 2.05) is 6.92 Å². The summed E-state index contributed by atoms with van der Waals surface area (Å²) >= 11 is 6.13. The summed E-state index contributed by atoms with van der Waals surface area (Å²) in [4.78, 5) is 10.4. The Morgan fingerprint density at radius 1 is 1.75 bits per heavy atom. The largest absolute Gasteiger partial charge is 0.286 e. The molecule has 1 nitrogen and oxygen atoms in total. The van der Waals surface area contributed by atoms with E-state index in [2.05, 4.69) is 31.9 Å². The lowest BCUT2D eigenvalue weighted by Crippen LogP contribution is -2.02. The quantitative estimate of drug-likeness (QED) is 0.550. The van der Waals surface area contributed by atoms with Crippen LogP contribution in [0.1, 0.15) is 13.3 Å². The van der Waals surface area contributed by atoms with Gasteiger partial charge in [-0.2, -0.15) is 0 Å². The van der Waals surface area contributed by atoms with Gasteiger partial charge < -0.3 is 0 Å². The second-order valence-corrected chi connectivity index (χ2v) is 3.26. The van der Waals surface area contributed by atoms with E-state index in [1.165, 1.54) is 0 Å². The molecular formula is C5H8Br2O. The zero-order valence-electron chi connectivity index (χ0n) is 4.66. The van der Waals surface area contributed by atoms with Crippen LogP contribution in [0.25, 0.3) is 0 Å². The maximum Gasteiger partial charge on any atom is 0.200 e. The molecule has 0 heterocycles. The van der Waals surface area contributed by atoms with Crippen molar-refractivity contribution in [3.63, 3.8) is 0 Å². The van der Waals surface area contributed by atoms with Gasteiger partial charge in [0.05, 0.1) is 0 Å². The maximum atomic E-state index is 10.4. The van der Waals surface area contributed by atoms with E-state index in [9.17, 15) is 4.79 Å². The minimum absolute atomic E-state index is 0.0944. The Morgan fingerprint density at radius 2 is 2.25 bits per heavy atom. The van der Waals surface area contributed by atoms with Gasteiger partial charge in [-0.1, -0.05) is 22.9 Å². The maximum absolute atomic E-state index is 10.4. The van der Waals surface area contributed by atoms with E-state index < -0.39 is 0 Å². The Kier molecular flexibility index (Phi) is 4.86. The highest BCUT2D eigenvalue weighted by Crippen LogP contribution is 2.08. The Morgan fingerprint density at radius 3 is 2.38 bits per heavy atom. The molecule has 0 N–H and O–H groups in total. The first kappa shape index (κ1) is 8.63. The molecule has 0 spiro atoms. The lowest BCUT2D eigenvalue weighted by molar-refractivity contribution is -0.113. The number of rotatable bonds is 3. The van der Waals surface area contributed by atoms with Crippen LogP contribution in [0.2, 0.25) is 0 Å². The summed E-state index contributed by atoms with van der Waals surface area (Å²) in [6.07, 6.45) is 0.907. The molecule has 48 valence electrons. The van der Waals surface area contributed by atoms with Crippen LogP contribution in [0, 0.1) is 5.92 Å². The molecule has 0 rings (SSSR count). The first-order valence-electron chi connectivity index (χ1n) is 2.43. The van der Waals surface area contributed by atoms with Gasteiger partial charge in [0.25, 0.3) is 0 Å². The lowest BCUT2D eigenvalue weighted by atomic mass is 10.2. The van der Waals surface area contributed by atoms with Crippen LogP contribution in [0.5, 0.6) is 0 Å². The molecule has 0 bridgehead atoms. The summed E-state index contributed by atoms with van der Waals surface area (Å²) in [5.74, 6) is 0.148. The molecule has 0 aliphatic rings. The molecule has 1 unspecified atom stereocenters. The van der Waals surface area contributed by atoms with Crippen LogP contribution in [0.4, 0.5) is 0 Å². The first-order chi connectivity index (χ1) is 3.68. The fourth-order valence-electron chi connectivity index (χ4n) is 0.277. The highest BCUT2D eigenvalue weighted by molar-refractivity contribution is 9.18. The van der Waals surface area contributed by atoms with E-state index in [4.69, 9.17) is 0 Å². The van der Waals surface area contributed by atoms with Crippen LogP contribution >= 0.6 is 31.9 Å². The molecule has 0 aliphatic heterocycles. The Balaban J connectivity index is 3.32. The second-order valence-electron chi connectivity index (χ2n) is 1.68. The van der Waals surface area contributed by atoms with Crippen molar-refractivity contribution in [2.45, 2.75) is 13.3 Å². The lowest BCUT2D eigenvalue weighted by Gasteiger charge is -1.99. The number of halogens is 2. The van der Waals surface area contributed by atoms with Gasteiger partial charge in [0.15, 0.2) is 0 Å². The third-order valence-corrected chi connectivity index (χ3v) is 2.17. The Labute approximate surface area is 66.1 Å². The smallest absolute Gasteiger partial charge is 0.200 e. The number of hydrogen-bond acceptors (Lipinski definition) is 1. The van der Waals surface area contributed by atoms with Gasteiger partial charge >= 0.3 is 0 Å². The third kappa shape index (κ3) is 3.61. The zero-order valence-corrected chi connectivity index (χ0v) is 7.83. The Bertz CT molecular complexity index is 82.5. The summed E-state index contributed by atoms with van der Waals surface area (Å²) in [7, 11) is 0. The summed E-state index contributed by atoms with van der Waals surface area (Å²) in [5, 5.41) is 0.894. The summed E-state index contributed by atoms with van der Waals surface area (Å²) in [5.41, 5.74) is 0. The second kappa shape index (κ2) is 4.50. The first-order valence-corrected chi connectivity index (χ1v) is 4.35. The molecule has 0 aliphatic carbocycles. The van der Waals surface area contributed by atoms with E-state index in [0.29, 0.717) is 0 Å². The van der Waals surface area contributed by atoms with Crippen molar-refractivity contribution in [1.29, 1.82) is 0 Å². The van der Waals surface area contributed by atoms with Crippen LogP contribution < -0.4 is 0 Å². The van der Waals surface area contributed by atoms with E-state index in [0.717, 1.165) is 11.8 Å². The minimum Gasteiger partial charge on any atom is -0.286 e. The SMILES string of the molecule is CC(CCBr)C(=O)Br. The molecule has 0 saturated carbocycles. The molecule has 0 saturated heterocycles. The van der Waals surface area contributed by atoms with E-state index in [-0.39, 0.29) is 10.6 Å². The summed E-state index contributed by atoms with van der Waals surface area (Å²) in [6, 6.07) is 0. The van der Waals surface area contributed by atoms with Crippen LogP contribution in [-0.2, 0) is 4.79 Å². The highest BCUT2D eigenvalue weighted by Gasteiger charge is 2.06. The molecule has 8 heavy (non-hydrogen) atoms. The van der Waals surface area contributed by atoms with Gasteiger partial charge in [-0.3, -0.25) is 4.79 Å².